The van der Waals surface area contributed by atoms with Crippen molar-refractivity contribution >= 4 is 11.5 Å². The molecule has 1 aliphatic carbocycles. The smallest absolute Gasteiger partial charge is 0.222 e. The Hall–Kier alpha value is -1.65. The number of carbonyl (C=O) groups excluding carboxylic acids is 1. The topological polar surface area (TPSA) is 44.4 Å². The highest BCUT2D eigenvalue weighted by molar-refractivity contribution is 5.77. The molecule has 1 amide bonds. The first-order valence-corrected chi connectivity index (χ1v) is 11.7. The molecule has 2 N–H and O–H groups in total. The average molecular weight is 396 g/mol. The van der Waals surface area contributed by atoms with Crippen LogP contribution >= 0.6 is 0 Å². The summed E-state index contributed by atoms with van der Waals surface area (Å²) < 4.78 is 0. The Bertz CT molecular complexity index is 717. The molecule has 2 saturated heterocycles. The van der Waals surface area contributed by atoms with E-state index < -0.39 is 0 Å². The fourth-order valence-electron chi connectivity index (χ4n) is 5.24. The molecule has 158 valence electrons. The third-order valence-corrected chi connectivity index (χ3v) is 6.91. The van der Waals surface area contributed by atoms with Crippen LogP contribution in [0.25, 0.3) is 5.57 Å². The first kappa shape index (κ1) is 20.6. The van der Waals surface area contributed by atoms with Gasteiger partial charge < -0.3 is 10.6 Å². The fourth-order valence-corrected chi connectivity index (χ4v) is 5.24. The van der Waals surface area contributed by atoms with Crippen LogP contribution in [0.2, 0.25) is 0 Å². The van der Waals surface area contributed by atoms with Crippen LogP contribution in [0.15, 0.2) is 24.8 Å². The zero-order chi connectivity index (χ0) is 20.1. The minimum absolute atomic E-state index is 0.166. The molecule has 1 aromatic carbocycles. The molecule has 4 rings (SSSR count). The van der Waals surface area contributed by atoms with Gasteiger partial charge in [-0.25, -0.2) is 0 Å². The van der Waals surface area contributed by atoms with Gasteiger partial charge in [0, 0.05) is 19.0 Å². The van der Waals surface area contributed by atoms with E-state index >= 15 is 0 Å². The van der Waals surface area contributed by atoms with Gasteiger partial charge in [0.05, 0.1) is 6.04 Å². The van der Waals surface area contributed by atoms with Crippen molar-refractivity contribution in [2.45, 2.75) is 76.3 Å². The Kier molecular flexibility index (Phi) is 7.04. The molecular weight excluding hydrogens is 358 g/mol. The average Bonchev–Trinajstić information content (AvgIpc) is 2.75. The maximum absolute atomic E-state index is 12.6. The Labute approximate surface area is 176 Å². The summed E-state index contributed by atoms with van der Waals surface area (Å²) in [6.45, 7) is 8.82. The molecule has 1 aromatic rings. The van der Waals surface area contributed by atoms with Gasteiger partial charge in [0.1, 0.15) is 0 Å². The lowest BCUT2D eigenvalue weighted by molar-refractivity contribution is -0.122. The second-order valence-electron chi connectivity index (χ2n) is 9.22. The van der Waals surface area contributed by atoms with Crippen molar-refractivity contribution < 1.29 is 4.79 Å². The van der Waals surface area contributed by atoms with Crippen LogP contribution < -0.4 is 10.6 Å². The van der Waals surface area contributed by atoms with Crippen molar-refractivity contribution in [3.8, 4) is 0 Å². The molecule has 0 bridgehead atoms. The van der Waals surface area contributed by atoms with E-state index in [9.17, 15) is 4.79 Å². The van der Waals surface area contributed by atoms with E-state index in [1.165, 1.54) is 67.5 Å². The van der Waals surface area contributed by atoms with Gasteiger partial charge in [-0.05, 0) is 86.8 Å². The summed E-state index contributed by atoms with van der Waals surface area (Å²) >= 11 is 0. The molecule has 3 aliphatic rings. The van der Waals surface area contributed by atoms with E-state index in [0.29, 0.717) is 12.5 Å². The molecule has 4 heteroatoms. The summed E-state index contributed by atoms with van der Waals surface area (Å²) in [5.74, 6) is 0.195. The molecule has 2 fully saturated rings. The van der Waals surface area contributed by atoms with Crippen molar-refractivity contribution in [1.29, 1.82) is 0 Å². The highest BCUT2D eigenvalue weighted by Gasteiger charge is 2.24. The quantitative estimate of drug-likeness (QED) is 0.758. The van der Waals surface area contributed by atoms with Gasteiger partial charge in [-0.15, -0.1) is 0 Å². The Balaban J connectivity index is 1.37. The van der Waals surface area contributed by atoms with Gasteiger partial charge in [0.2, 0.25) is 5.91 Å². The number of aryl methyl sites for hydroxylation is 1. The zero-order valence-electron chi connectivity index (χ0n) is 17.8. The molecule has 2 aliphatic heterocycles. The van der Waals surface area contributed by atoms with Crippen LogP contribution in [-0.4, -0.2) is 43.0 Å². The maximum Gasteiger partial charge on any atom is 0.222 e. The normalized spacial score (nSPS) is 25.2. The molecule has 2 heterocycles. The lowest BCUT2D eigenvalue weighted by Gasteiger charge is -2.30. The number of nitrogens with zero attached hydrogens (tertiary/aromatic N) is 1. The Morgan fingerprint density at radius 2 is 1.97 bits per heavy atom. The van der Waals surface area contributed by atoms with Gasteiger partial charge in [-0.2, -0.15) is 0 Å². The van der Waals surface area contributed by atoms with Crippen LogP contribution in [0.3, 0.4) is 0 Å². The zero-order valence-corrected chi connectivity index (χ0v) is 17.8. The summed E-state index contributed by atoms with van der Waals surface area (Å²) in [6, 6.07) is 7.32. The largest absolute Gasteiger partial charge is 0.349 e. The van der Waals surface area contributed by atoms with Gasteiger partial charge >= 0.3 is 0 Å². The standard InChI is InChI=1S/C25H37N3O/c1-19(18-28-14-5-2-6-15-28)20-11-12-23-21(16-20)8-7-10-24(23)27-25(29)17-22-9-3-4-13-26-22/h11-12,16,22,24,26H,1-10,13-15,17-18H2,(H,27,29). The minimum atomic E-state index is 0.166. The molecular formula is C25H37N3O. The lowest BCUT2D eigenvalue weighted by atomic mass is 9.85. The van der Waals surface area contributed by atoms with Crippen molar-refractivity contribution in [2.24, 2.45) is 0 Å². The highest BCUT2D eigenvalue weighted by Crippen LogP contribution is 2.32. The van der Waals surface area contributed by atoms with Gasteiger partial charge in [0.15, 0.2) is 0 Å². The van der Waals surface area contributed by atoms with Crippen LogP contribution in [0.4, 0.5) is 0 Å². The number of fused-ring (bicyclic) bond motifs is 1. The van der Waals surface area contributed by atoms with Crippen molar-refractivity contribution in [2.75, 3.05) is 26.2 Å². The predicted molar refractivity (Wildman–Crippen MR) is 120 cm³/mol. The first-order valence-electron chi connectivity index (χ1n) is 11.7. The van der Waals surface area contributed by atoms with Crippen LogP contribution in [0, 0.1) is 0 Å². The predicted octanol–water partition coefficient (Wildman–Crippen LogP) is 4.21. The number of hydrogen-bond acceptors (Lipinski definition) is 3. The molecule has 0 aromatic heterocycles. The van der Waals surface area contributed by atoms with E-state index in [2.05, 4.69) is 40.3 Å². The molecule has 0 saturated carbocycles. The molecule has 2 atom stereocenters. The monoisotopic (exact) mass is 395 g/mol. The summed E-state index contributed by atoms with van der Waals surface area (Å²) in [7, 11) is 0. The van der Waals surface area contributed by atoms with E-state index in [1.54, 1.807) is 0 Å². The second-order valence-corrected chi connectivity index (χ2v) is 9.22. The van der Waals surface area contributed by atoms with E-state index in [0.717, 1.165) is 38.8 Å². The van der Waals surface area contributed by atoms with Crippen molar-refractivity contribution in [3.63, 3.8) is 0 Å². The molecule has 29 heavy (non-hydrogen) atoms. The van der Waals surface area contributed by atoms with E-state index in [-0.39, 0.29) is 11.9 Å². The molecule has 0 spiro atoms. The summed E-state index contributed by atoms with van der Waals surface area (Å²) in [5, 5.41) is 6.81. The summed E-state index contributed by atoms with van der Waals surface area (Å²) in [4.78, 5) is 15.2. The number of hydrogen-bond donors (Lipinski definition) is 2. The summed E-state index contributed by atoms with van der Waals surface area (Å²) in [6.07, 6.45) is 11.5. The van der Waals surface area contributed by atoms with Crippen LogP contribution in [0.5, 0.6) is 0 Å². The van der Waals surface area contributed by atoms with Crippen LogP contribution in [-0.2, 0) is 11.2 Å². The number of carbonyl (C=O) groups is 1. The van der Waals surface area contributed by atoms with Gasteiger partial charge in [-0.3, -0.25) is 9.69 Å². The second kappa shape index (κ2) is 9.90. The van der Waals surface area contributed by atoms with Crippen molar-refractivity contribution in [3.05, 3.63) is 41.5 Å². The third kappa shape index (κ3) is 5.49. The third-order valence-electron chi connectivity index (χ3n) is 6.91. The van der Waals surface area contributed by atoms with Crippen molar-refractivity contribution in [1.82, 2.24) is 15.5 Å². The highest BCUT2D eigenvalue weighted by atomic mass is 16.1. The number of nitrogens with one attached hydrogen (secondary N) is 2. The lowest BCUT2D eigenvalue weighted by Crippen LogP contribution is -2.40. The Morgan fingerprint density at radius 3 is 2.76 bits per heavy atom. The molecule has 0 radical (unpaired) electrons. The molecule has 4 nitrogen and oxygen atoms in total. The van der Waals surface area contributed by atoms with Gasteiger partial charge in [0.25, 0.3) is 0 Å². The number of amides is 1. The Morgan fingerprint density at radius 1 is 1.10 bits per heavy atom. The number of likely N-dealkylation sites (tertiary alicyclic amines) is 1. The van der Waals surface area contributed by atoms with E-state index in [1.807, 2.05) is 0 Å². The maximum atomic E-state index is 12.6. The molecule has 2 unspecified atom stereocenters. The number of rotatable bonds is 6. The first-order chi connectivity index (χ1) is 14.2. The van der Waals surface area contributed by atoms with Gasteiger partial charge in [-0.1, -0.05) is 37.6 Å². The number of benzene rings is 1. The summed E-state index contributed by atoms with van der Waals surface area (Å²) in [5.41, 5.74) is 5.21. The minimum Gasteiger partial charge on any atom is -0.349 e. The number of piperidine rings is 2. The van der Waals surface area contributed by atoms with Crippen LogP contribution in [0.1, 0.15) is 80.5 Å². The SMILES string of the molecule is C=C(CN1CCCCC1)c1ccc2c(c1)CCCC2NC(=O)CC1CCCCN1. The van der Waals surface area contributed by atoms with E-state index in [4.69, 9.17) is 0 Å². The fraction of sp³-hybridized carbons (Fsp3) is 0.640.